The van der Waals surface area contributed by atoms with E-state index in [4.69, 9.17) is 10.5 Å². The van der Waals surface area contributed by atoms with Crippen molar-refractivity contribution in [2.24, 2.45) is 11.1 Å². The fraction of sp³-hybridized carbons (Fsp3) is 0.643. The number of carbonyl (C=O) groups is 1. The van der Waals surface area contributed by atoms with Gasteiger partial charge >= 0.3 is 0 Å². The molecule has 1 amide bonds. The van der Waals surface area contributed by atoms with Crippen LogP contribution in [0.2, 0.25) is 0 Å². The van der Waals surface area contributed by atoms with Gasteiger partial charge in [0.2, 0.25) is 5.91 Å². The van der Waals surface area contributed by atoms with Crippen LogP contribution in [0.25, 0.3) is 0 Å². The van der Waals surface area contributed by atoms with E-state index in [2.05, 4.69) is 22.1 Å². The van der Waals surface area contributed by atoms with Gasteiger partial charge in [0.15, 0.2) is 0 Å². The topological polar surface area (TPSA) is 64.4 Å². The van der Waals surface area contributed by atoms with E-state index in [0.29, 0.717) is 19.8 Å². The monoisotopic (exact) mass is 282 g/mol. The molecule has 1 aromatic rings. The van der Waals surface area contributed by atoms with Crippen molar-refractivity contribution in [1.29, 1.82) is 0 Å². The molecule has 1 aliphatic heterocycles. The first kappa shape index (κ1) is 14.5. The molecule has 0 bridgehead atoms. The first-order valence-electron chi connectivity index (χ1n) is 6.76. The van der Waals surface area contributed by atoms with Gasteiger partial charge in [-0.25, -0.2) is 0 Å². The molecule has 2 rings (SSSR count). The smallest absolute Gasteiger partial charge is 0.227 e. The van der Waals surface area contributed by atoms with Gasteiger partial charge in [-0.1, -0.05) is 0 Å². The lowest BCUT2D eigenvalue weighted by molar-refractivity contribution is -0.136. The Morgan fingerprint density at radius 3 is 2.89 bits per heavy atom. The Labute approximate surface area is 118 Å². The molecule has 0 spiro atoms. The average Bonchev–Trinajstić information content (AvgIpc) is 2.92. The Hall–Kier alpha value is -0.910. The van der Waals surface area contributed by atoms with Gasteiger partial charge in [-0.3, -0.25) is 4.79 Å². The maximum Gasteiger partial charge on any atom is 0.227 e. The van der Waals surface area contributed by atoms with Crippen LogP contribution in [0.3, 0.4) is 0 Å². The third-order valence-electron chi connectivity index (χ3n) is 3.82. The normalized spacial score (nSPS) is 19.9. The molecule has 5 heteroatoms. The number of rotatable bonds is 5. The van der Waals surface area contributed by atoms with Crippen molar-refractivity contribution in [3.8, 4) is 0 Å². The molecule has 1 aromatic heterocycles. The van der Waals surface area contributed by atoms with Crippen LogP contribution in [0.15, 0.2) is 16.8 Å². The van der Waals surface area contributed by atoms with E-state index in [1.165, 1.54) is 5.56 Å². The molecule has 1 saturated heterocycles. The molecule has 0 aliphatic carbocycles. The van der Waals surface area contributed by atoms with Crippen molar-refractivity contribution in [3.63, 3.8) is 0 Å². The molecule has 4 nitrogen and oxygen atoms in total. The van der Waals surface area contributed by atoms with Crippen molar-refractivity contribution in [1.82, 2.24) is 5.32 Å². The molecule has 0 saturated carbocycles. The Bertz CT molecular complexity index is 400. The third kappa shape index (κ3) is 3.55. The van der Waals surface area contributed by atoms with Gasteiger partial charge in [0.25, 0.3) is 0 Å². The molecule has 0 aromatic carbocycles. The number of thiophene rings is 1. The van der Waals surface area contributed by atoms with E-state index in [1.54, 1.807) is 11.3 Å². The molecule has 1 atom stereocenters. The van der Waals surface area contributed by atoms with Gasteiger partial charge in [-0.2, -0.15) is 11.3 Å². The number of nitrogens with one attached hydrogen (secondary N) is 1. The highest BCUT2D eigenvalue weighted by molar-refractivity contribution is 7.07. The van der Waals surface area contributed by atoms with Gasteiger partial charge in [0, 0.05) is 25.8 Å². The quantitative estimate of drug-likeness (QED) is 0.861. The van der Waals surface area contributed by atoms with Crippen LogP contribution in [0.5, 0.6) is 0 Å². The van der Waals surface area contributed by atoms with Crippen molar-refractivity contribution >= 4 is 17.2 Å². The zero-order valence-electron chi connectivity index (χ0n) is 11.4. The van der Waals surface area contributed by atoms with E-state index in [9.17, 15) is 4.79 Å². The lowest BCUT2D eigenvalue weighted by atomic mass is 9.79. The molecule has 1 fully saturated rings. The first-order valence-corrected chi connectivity index (χ1v) is 7.70. The van der Waals surface area contributed by atoms with Crippen molar-refractivity contribution in [2.45, 2.75) is 32.2 Å². The van der Waals surface area contributed by atoms with Gasteiger partial charge in [0.1, 0.15) is 0 Å². The Balaban J connectivity index is 1.91. The summed E-state index contributed by atoms with van der Waals surface area (Å²) in [4.78, 5) is 12.4. The van der Waals surface area contributed by atoms with Crippen LogP contribution >= 0.6 is 11.3 Å². The summed E-state index contributed by atoms with van der Waals surface area (Å²) in [6.45, 7) is 3.69. The predicted octanol–water partition coefficient (Wildman–Crippen LogP) is 1.55. The van der Waals surface area contributed by atoms with E-state index in [0.717, 1.165) is 19.3 Å². The number of carbonyl (C=O) groups excluding carboxylic acids is 1. The zero-order valence-corrected chi connectivity index (χ0v) is 12.2. The van der Waals surface area contributed by atoms with Crippen LogP contribution in [0, 0.1) is 5.41 Å². The molecule has 19 heavy (non-hydrogen) atoms. The summed E-state index contributed by atoms with van der Waals surface area (Å²) in [6.07, 6.45) is 2.31. The number of amides is 1. The summed E-state index contributed by atoms with van der Waals surface area (Å²) >= 11 is 1.68. The molecule has 106 valence electrons. The van der Waals surface area contributed by atoms with E-state index in [-0.39, 0.29) is 11.9 Å². The summed E-state index contributed by atoms with van der Waals surface area (Å²) in [5.74, 6) is 0.0843. The molecule has 2 heterocycles. The van der Waals surface area contributed by atoms with Gasteiger partial charge in [-0.15, -0.1) is 0 Å². The second-order valence-electron chi connectivity index (χ2n) is 5.31. The predicted molar refractivity (Wildman–Crippen MR) is 77.2 cm³/mol. The van der Waals surface area contributed by atoms with Crippen molar-refractivity contribution in [3.05, 3.63) is 22.4 Å². The van der Waals surface area contributed by atoms with Crippen molar-refractivity contribution in [2.75, 3.05) is 19.8 Å². The minimum atomic E-state index is -0.429. The summed E-state index contributed by atoms with van der Waals surface area (Å²) in [6, 6.07) is 2.23. The fourth-order valence-electron chi connectivity index (χ4n) is 2.48. The summed E-state index contributed by atoms with van der Waals surface area (Å²) in [5, 5.41) is 7.29. The highest BCUT2D eigenvalue weighted by atomic mass is 32.1. The SMILES string of the molecule is CC(Cc1ccsc1)NC(=O)C1(CN)CCOCC1. The van der Waals surface area contributed by atoms with Gasteiger partial charge in [0.05, 0.1) is 5.41 Å². The molecular weight excluding hydrogens is 260 g/mol. The third-order valence-corrected chi connectivity index (χ3v) is 4.55. The van der Waals surface area contributed by atoms with Crippen LogP contribution in [-0.2, 0) is 16.0 Å². The minimum Gasteiger partial charge on any atom is -0.381 e. The maximum atomic E-state index is 12.4. The molecule has 1 unspecified atom stereocenters. The van der Waals surface area contributed by atoms with Crippen LogP contribution in [0.4, 0.5) is 0 Å². The van der Waals surface area contributed by atoms with Gasteiger partial charge in [-0.05, 0) is 48.6 Å². The summed E-state index contributed by atoms with van der Waals surface area (Å²) < 4.78 is 5.33. The van der Waals surface area contributed by atoms with Gasteiger partial charge < -0.3 is 15.8 Å². The second-order valence-corrected chi connectivity index (χ2v) is 6.09. The van der Waals surface area contributed by atoms with Crippen LogP contribution in [-0.4, -0.2) is 31.7 Å². The zero-order chi connectivity index (χ0) is 13.7. The highest BCUT2D eigenvalue weighted by Crippen LogP contribution is 2.29. The maximum absolute atomic E-state index is 12.4. The molecule has 3 N–H and O–H groups in total. The number of hydrogen-bond acceptors (Lipinski definition) is 4. The van der Waals surface area contributed by atoms with E-state index >= 15 is 0 Å². The summed E-state index contributed by atoms with van der Waals surface area (Å²) in [7, 11) is 0. The van der Waals surface area contributed by atoms with Crippen LogP contribution < -0.4 is 11.1 Å². The number of hydrogen-bond donors (Lipinski definition) is 2. The molecule has 1 aliphatic rings. The summed E-state index contributed by atoms with van der Waals surface area (Å²) in [5.41, 5.74) is 6.68. The average molecular weight is 282 g/mol. The lowest BCUT2D eigenvalue weighted by Gasteiger charge is -2.35. The van der Waals surface area contributed by atoms with Crippen molar-refractivity contribution < 1.29 is 9.53 Å². The Kier molecular flexibility index (Phi) is 4.96. The highest BCUT2D eigenvalue weighted by Gasteiger charge is 2.39. The number of nitrogens with two attached hydrogens (primary N) is 1. The fourth-order valence-corrected chi connectivity index (χ4v) is 3.16. The standard InChI is InChI=1S/C14H22N2O2S/c1-11(8-12-2-7-19-9-12)16-13(17)14(10-15)3-5-18-6-4-14/h2,7,9,11H,3-6,8,10,15H2,1H3,(H,16,17). The van der Waals surface area contributed by atoms with E-state index in [1.807, 2.05) is 6.92 Å². The first-order chi connectivity index (χ1) is 9.16. The molecular formula is C14H22N2O2S. The lowest BCUT2D eigenvalue weighted by Crippen LogP contribution is -2.51. The largest absolute Gasteiger partial charge is 0.381 e. The number of ether oxygens (including phenoxy) is 1. The molecule has 0 radical (unpaired) electrons. The van der Waals surface area contributed by atoms with E-state index < -0.39 is 5.41 Å². The Morgan fingerprint density at radius 1 is 1.58 bits per heavy atom. The minimum absolute atomic E-state index is 0.0843. The van der Waals surface area contributed by atoms with Crippen LogP contribution in [0.1, 0.15) is 25.3 Å². The Morgan fingerprint density at radius 2 is 2.32 bits per heavy atom. The second kappa shape index (κ2) is 6.50.